The number of para-hydroxylation sites is 1. The van der Waals surface area contributed by atoms with Gasteiger partial charge in [-0.1, -0.05) is 18.2 Å². The fourth-order valence-electron chi connectivity index (χ4n) is 3.12. The van der Waals surface area contributed by atoms with E-state index in [4.69, 9.17) is 11.6 Å². The molecule has 27 heavy (non-hydrogen) atoms. The molecular weight excluding hydrogens is 362 g/mol. The molecule has 3 heterocycles. The summed E-state index contributed by atoms with van der Waals surface area (Å²) < 4.78 is 3.83. The Bertz CT molecular complexity index is 1070. The Labute approximate surface area is 162 Å². The van der Waals surface area contributed by atoms with Crippen molar-refractivity contribution in [2.75, 3.05) is 5.32 Å². The van der Waals surface area contributed by atoms with Gasteiger partial charge in [-0.3, -0.25) is 0 Å². The molecule has 1 aromatic carbocycles. The van der Waals surface area contributed by atoms with Crippen molar-refractivity contribution in [3.63, 3.8) is 0 Å². The first kappa shape index (κ1) is 17.5. The van der Waals surface area contributed by atoms with Gasteiger partial charge in [0.15, 0.2) is 17.0 Å². The number of hydrogen-bond acceptors (Lipinski definition) is 5. The smallest absolute Gasteiger partial charge is 0.226 e. The minimum Gasteiger partial charge on any atom is -0.361 e. The van der Waals surface area contributed by atoms with Crippen LogP contribution < -0.4 is 5.32 Å². The molecule has 0 aliphatic rings. The van der Waals surface area contributed by atoms with Crippen LogP contribution in [-0.4, -0.2) is 29.3 Å². The standard InChI is InChI=1S/C19H20ClN7/c1-12(2)26-11-21-16-17(24-19(20)25-18(16)26)23-13(3)14-7-4-5-8-15(14)27-10-6-9-22-27/h4-13H,1-3H3,(H,23,24,25). The summed E-state index contributed by atoms with van der Waals surface area (Å²) in [5.41, 5.74) is 3.52. The van der Waals surface area contributed by atoms with Crippen LogP contribution in [0.5, 0.6) is 0 Å². The number of rotatable bonds is 5. The highest BCUT2D eigenvalue weighted by atomic mass is 35.5. The summed E-state index contributed by atoms with van der Waals surface area (Å²) >= 11 is 6.18. The molecule has 0 fully saturated rings. The van der Waals surface area contributed by atoms with E-state index in [1.807, 2.05) is 39.7 Å². The summed E-state index contributed by atoms with van der Waals surface area (Å²) in [6.45, 7) is 6.23. The maximum Gasteiger partial charge on any atom is 0.226 e. The first-order chi connectivity index (χ1) is 13.0. The van der Waals surface area contributed by atoms with Crippen LogP contribution in [0, 0.1) is 0 Å². The molecular formula is C19H20ClN7. The van der Waals surface area contributed by atoms with E-state index in [0.29, 0.717) is 11.3 Å². The van der Waals surface area contributed by atoms with E-state index in [-0.39, 0.29) is 17.4 Å². The third kappa shape index (κ3) is 3.26. The molecule has 0 saturated carbocycles. The molecule has 138 valence electrons. The Morgan fingerprint density at radius 1 is 1.07 bits per heavy atom. The second-order valence-electron chi connectivity index (χ2n) is 6.63. The summed E-state index contributed by atoms with van der Waals surface area (Å²) in [5.74, 6) is 0.618. The highest BCUT2D eigenvalue weighted by Gasteiger charge is 2.18. The summed E-state index contributed by atoms with van der Waals surface area (Å²) in [6.07, 6.45) is 5.46. The second-order valence-corrected chi connectivity index (χ2v) is 6.97. The minimum absolute atomic E-state index is 0.0382. The van der Waals surface area contributed by atoms with Gasteiger partial charge in [-0.05, 0) is 50.1 Å². The van der Waals surface area contributed by atoms with Crippen LogP contribution >= 0.6 is 11.6 Å². The van der Waals surface area contributed by atoms with Crippen molar-refractivity contribution in [2.45, 2.75) is 32.9 Å². The lowest BCUT2D eigenvalue weighted by atomic mass is 10.1. The van der Waals surface area contributed by atoms with Gasteiger partial charge >= 0.3 is 0 Å². The molecule has 4 aromatic rings. The van der Waals surface area contributed by atoms with Gasteiger partial charge in [-0.25, -0.2) is 9.67 Å². The van der Waals surface area contributed by atoms with Crippen molar-refractivity contribution in [1.82, 2.24) is 29.3 Å². The summed E-state index contributed by atoms with van der Waals surface area (Å²) in [4.78, 5) is 13.2. The van der Waals surface area contributed by atoms with E-state index in [9.17, 15) is 0 Å². The lowest BCUT2D eigenvalue weighted by Crippen LogP contribution is -2.12. The number of fused-ring (bicyclic) bond motifs is 1. The fourth-order valence-corrected chi connectivity index (χ4v) is 3.29. The van der Waals surface area contributed by atoms with Crippen LogP contribution in [0.4, 0.5) is 5.82 Å². The van der Waals surface area contributed by atoms with Crippen LogP contribution in [0.3, 0.4) is 0 Å². The van der Waals surface area contributed by atoms with Gasteiger partial charge in [0.2, 0.25) is 5.28 Å². The molecule has 0 spiro atoms. The van der Waals surface area contributed by atoms with E-state index >= 15 is 0 Å². The summed E-state index contributed by atoms with van der Waals surface area (Å²) in [6, 6.07) is 10.2. The predicted molar refractivity (Wildman–Crippen MR) is 106 cm³/mol. The van der Waals surface area contributed by atoms with Gasteiger partial charge in [-0.15, -0.1) is 0 Å². The second kappa shape index (κ2) is 7.00. The van der Waals surface area contributed by atoms with E-state index < -0.39 is 0 Å². The van der Waals surface area contributed by atoms with E-state index in [2.05, 4.69) is 52.2 Å². The van der Waals surface area contributed by atoms with Crippen molar-refractivity contribution < 1.29 is 0 Å². The molecule has 4 rings (SSSR count). The molecule has 1 N–H and O–H groups in total. The third-order valence-electron chi connectivity index (χ3n) is 4.46. The van der Waals surface area contributed by atoms with Crippen molar-refractivity contribution in [3.8, 4) is 5.69 Å². The molecule has 0 aliphatic carbocycles. The maximum atomic E-state index is 6.18. The molecule has 0 radical (unpaired) electrons. The number of benzene rings is 1. The molecule has 7 nitrogen and oxygen atoms in total. The van der Waals surface area contributed by atoms with Gasteiger partial charge < -0.3 is 9.88 Å². The highest BCUT2D eigenvalue weighted by Crippen LogP contribution is 2.28. The monoisotopic (exact) mass is 381 g/mol. The number of nitrogens with zero attached hydrogens (tertiary/aromatic N) is 6. The Balaban J connectivity index is 1.73. The molecule has 1 atom stereocenters. The van der Waals surface area contributed by atoms with Crippen LogP contribution in [0.2, 0.25) is 5.28 Å². The third-order valence-corrected chi connectivity index (χ3v) is 4.63. The number of halogens is 1. The molecule has 3 aromatic heterocycles. The van der Waals surface area contributed by atoms with E-state index in [1.54, 1.807) is 12.5 Å². The van der Waals surface area contributed by atoms with E-state index in [0.717, 1.165) is 16.9 Å². The largest absolute Gasteiger partial charge is 0.361 e. The topological polar surface area (TPSA) is 73.5 Å². The molecule has 0 amide bonds. The molecule has 0 saturated heterocycles. The summed E-state index contributed by atoms with van der Waals surface area (Å²) in [5, 5.41) is 7.99. The van der Waals surface area contributed by atoms with Gasteiger partial charge in [0.25, 0.3) is 0 Å². The first-order valence-electron chi connectivity index (χ1n) is 8.80. The number of aromatic nitrogens is 6. The average Bonchev–Trinajstić information content (AvgIpc) is 3.31. The Hall–Kier alpha value is -2.93. The number of nitrogens with one attached hydrogen (secondary N) is 1. The first-order valence-corrected chi connectivity index (χ1v) is 9.18. The number of anilines is 1. The number of imidazole rings is 1. The Morgan fingerprint density at radius 3 is 2.63 bits per heavy atom. The van der Waals surface area contributed by atoms with Crippen molar-refractivity contribution in [3.05, 3.63) is 59.9 Å². The van der Waals surface area contributed by atoms with Crippen molar-refractivity contribution in [2.24, 2.45) is 0 Å². The van der Waals surface area contributed by atoms with Gasteiger partial charge in [0, 0.05) is 18.4 Å². The number of hydrogen-bond donors (Lipinski definition) is 1. The molecule has 8 heteroatoms. The highest BCUT2D eigenvalue weighted by molar-refractivity contribution is 6.28. The zero-order valence-corrected chi connectivity index (χ0v) is 16.1. The summed E-state index contributed by atoms with van der Waals surface area (Å²) in [7, 11) is 0. The Morgan fingerprint density at radius 2 is 1.89 bits per heavy atom. The average molecular weight is 382 g/mol. The van der Waals surface area contributed by atoms with Crippen LogP contribution in [-0.2, 0) is 0 Å². The predicted octanol–water partition coefficient (Wildman–Crippen LogP) is 4.42. The van der Waals surface area contributed by atoms with Gasteiger partial charge in [0.1, 0.15) is 0 Å². The van der Waals surface area contributed by atoms with Crippen LogP contribution in [0.25, 0.3) is 16.9 Å². The van der Waals surface area contributed by atoms with Crippen LogP contribution in [0.15, 0.2) is 49.1 Å². The zero-order valence-electron chi connectivity index (χ0n) is 15.3. The van der Waals surface area contributed by atoms with Crippen molar-refractivity contribution >= 4 is 28.6 Å². The van der Waals surface area contributed by atoms with Crippen LogP contribution in [0.1, 0.15) is 38.4 Å². The van der Waals surface area contributed by atoms with Crippen molar-refractivity contribution in [1.29, 1.82) is 0 Å². The fraction of sp³-hybridized carbons (Fsp3) is 0.263. The minimum atomic E-state index is -0.0382. The molecule has 0 bridgehead atoms. The lowest BCUT2D eigenvalue weighted by Gasteiger charge is -2.19. The van der Waals surface area contributed by atoms with Gasteiger partial charge in [0.05, 0.1) is 18.1 Å². The maximum absolute atomic E-state index is 6.18. The Kier molecular flexibility index (Phi) is 4.53. The molecule has 1 unspecified atom stereocenters. The quantitative estimate of drug-likeness (QED) is 0.518. The normalized spacial score (nSPS) is 12.6. The lowest BCUT2D eigenvalue weighted by molar-refractivity contribution is 0.612. The van der Waals surface area contributed by atoms with E-state index in [1.165, 1.54) is 0 Å². The zero-order chi connectivity index (χ0) is 19.0. The van der Waals surface area contributed by atoms with Gasteiger partial charge in [-0.2, -0.15) is 15.1 Å². The SMILES string of the molecule is CC(Nc1nc(Cl)nc2c1ncn2C(C)C)c1ccccc1-n1cccn1. The molecule has 0 aliphatic heterocycles.